The Balaban J connectivity index is 1.41. The third kappa shape index (κ3) is 8.96. The predicted molar refractivity (Wildman–Crippen MR) is 166 cm³/mol. The average Bonchev–Trinajstić information content (AvgIpc) is 2.98. The van der Waals surface area contributed by atoms with Gasteiger partial charge in [0.1, 0.15) is 11.5 Å². The second-order valence-electron chi connectivity index (χ2n) is 9.04. The second-order valence-corrected chi connectivity index (χ2v) is 10.5. The molecule has 0 fully saturated rings. The SMILES string of the molecule is CN(C)c1ccc(/C=C(\NC(=O)c2ccccc2)C(=O)Nc2ccc(SCC(=O)Nc3ccc(Cl)cn3)cc2)cc1. The van der Waals surface area contributed by atoms with Gasteiger partial charge >= 0.3 is 0 Å². The minimum Gasteiger partial charge on any atom is -0.378 e. The van der Waals surface area contributed by atoms with Gasteiger partial charge in [-0.25, -0.2) is 4.98 Å². The minimum atomic E-state index is -0.471. The van der Waals surface area contributed by atoms with Crippen LogP contribution < -0.4 is 20.9 Å². The van der Waals surface area contributed by atoms with Gasteiger partial charge in [-0.2, -0.15) is 0 Å². The lowest BCUT2D eigenvalue weighted by Crippen LogP contribution is -2.30. The van der Waals surface area contributed by atoms with E-state index in [1.807, 2.05) is 49.3 Å². The first-order valence-electron chi connectivity index (χ1n) is 12.6. The zero-order chi connectivity index (χ0) is 29.2. The van der Waals surface area contributed by atoms with Crippen molar-refractivity contribution in [3.63, 3.8) is 0 Å². The standard InChI is InChI=1S/C31H28ClN5O3S/c1-37(2)25-13-8-21(9-14-25)18-27(35-30(39)22-6-4-3-5-7-22)31(40)34-24-11-15-26(16-12-24)41-20-29(38)36-28-17-10-23(32)19-33-28/h3-19H,20H2,1-2H3,(H,34,40)(H,35,39)(H,33,36,38)/b27-18-. The zero-order valence-electron chi connectivity index (χ0n) is 22.4. The van der Waals surface area contributed by atoms with Gasteiger partial charge in [-0.05, 0) is 72.3 Å². The summed E-state index contributed by atoms with van der Waals surface area (Å²) < 4.78 is 0. The Morgan fingerprint density at radius 2 is 1.59 bits per heavy atom. The fraction of sp³-hybridized carbons (Fsp3) is 0.0968. The van der Waals surface area contributed by atoms with Crippen molar-refractivity contribution < 1.29 is 14.4 Å². The molecule has 0 unspecified atom stereocenters. The summed E-state index contributed by atoms with van der Waals surface area (Å²) in [4.78, 5) is 45.3. The molecule has 0 radical (unpaired) electrons. The summed E-state index contributed by atoms with van der Waals surface area (Å²) in [5, 5.41) is 8.79. The summed E-state index contributed by atoms with van der Waals surface area (Å²) in [6.07, 6.45) is 3.10. The monoisotopic (exact) mass is 585 g/mol. The Morgan fingerprint density at radius 3 is 2.22 bits per heavy atom. The van der Waals surface area contributed by atoms with Crippen molar-refractivity contribution >= 4 is 64.4 Å². The first-order chi connectivity index (χ1) is 19.8. The van der Waals surface area contributed by atoms with Crippen LogP contribution in [0.3, 0.4) is 0 Å². The number of carbonyl (C=O) groups excluding carboxylic acids is 3. The van der Waals surface area contributed by atoms with E-state index in [9.17, 15) is 14.4 Å². The van der Waals surface area contributed by atoms with Crippen LogP contribution in [0.15, 0.2) is 108 Å². The van der Waals surface area contributed by atoms with Crippen molar-refractivity contribution in [3.8, 4) is 0 Å². The van der Waals surface area contributed by atoms with Crippen molar-refractivity contribution in [2.45, 2.75) is 4.90 Å². The molecule has 208 valence electrons. The molecular formula is C31H28ClN5O3S. The predicted octanol–water partition coefficient (Wildman–Crippen LogP) is 5.94. The van der Waals surface area contributed by atoms with Crippen molar-refractivity contribution in [1.29, 1.82) is 0 Å². The molecule has 41 heavy (non-hydrogen) atoms. The molecule has 8 nitrogen and oxygen atoms in total. The molecule has 0 saturated carbocycles. The highest BCUT2D eigenvalue weighted by Crippen LogP contribution is 2.22. The number of halogens is 1. The van der Waals surface area contributed by atoms with E-state index in [-0.39, 0.29) is 17.4 Å². The minimum absolute atomic E-state index is 0.0994. The normalized spacial score (nSPS) is 11.0. The van der Waals surface area contributed by atoms with Gasteiger partial charge < -0.3 is 20.9 Å². The zero-order valence-corrected chi connectivity index (χ0v) is 24.0. The van der Waals surface area contributed by atoms with Gasteiger partial charge in [0.05, 0.1) is 10.8 Å². The van der Waals surface area contributed by atoms with E-state index in [0.717, 1.165) is 16.1 Å². The third-order valence-electron chi connectivity index (χ3n) is 5.73. The lowest BCUT2D eigenvalue weighted by molar-refractivity contribution is -0.114. The topological polar surface area (TPSA) is 103 Å². The molecule has 0 bridgehead atoms. The van der Waals surface area contributed by atoms with Crippen LogP contribution in [0.4, 0.5) is 17.2 Å². The fourth-order valence-electron chi connectivity index (χ4n) is 3.59. The maximum Gasteiger partial charge on any atom is 0.272 e. The highest BCUT2D eigenvalue weighted by Gasteiger charge is 2.15. The summed E-state index contributed by atoms with van der Waals surface area (Å²) in [6, 6.07) is 26.7. The van der Waals surface area contributed by atoms with Crippen LogP contribution >= 0.6 is 23.4 Å². The highest BCUT2D eigenvalue weighted by atomic mass is 35.5. The Labute approximate surface area is 247 Å². The number of pyridine rings is 1. The number of benzene rings is 3. The molecule has 1 aromatic heterocycles. The molecule has 0 aliphatic carbocycles. The number of hydrogen-bond donors (Lipinski definition) is 3. The molecule has 4 aromatic rings. The van der Waals surface area contributed by atoms with E-state index in [4.69, 9.17) is 11.6 Å². The molecule has 0 aliphatic rings. The number of aromatic nitrogens is 1. The van der Waals surface area contributed by atoms with E-state index in [1.54, 1.807) is 66.7 Å². The number of anilines is 3. The van der Waals surface area contributed by atoms with Crippen LogP contribution in [0, 0.1) is 0 Å². The molecule has 3 N–H and O–H groups in total. The molecule has 0 spiro atoms. The van der Waals surface area contributed by atoms with Crippen molar-refractivity contribution in [1.82, 2.24) is 10.3 Å². The molecule has 0 aliphatic heterocycles. The summed E-state index contributed by atoms with van der Waals surface area (Å²) in [5.74, 6) is -0.460. The number of nitrogens with one attached hydrogen (secondary N) is 3. The second kappa shape index (κ2) is 14.2. The van der Waals surface area contributed by atoms with Crippen molar-refractivity contribution in [2.24, 2.45) is 0 Å². The summed E-state index contributed by atoms with van der Waals surface area (Å²) >= 11 is 7.17. The first kappa shape index (κ1) is 29.4. The van der Waals surface area contributed by atoms with Crippen molar-refractivity contribution in [3.05, 3.63) is 119 Å². The number of rotatable bonds is 10. The molecule has 10 heteroatoms. The van der Waals surface area contributed by atoms with Gasteiger partial charge in [0.25, 0.3) is 11.8 Å². The summed E-state index contributed by atoms with van der Waals surface area (Å²) in [5.41, 5.74) is 2.84. The van der Waals surface area contributed by atoms with E-state index in [1.165, 1.54) is 18.0 Å². The lowest BCUT2D eigenvalue weighted by Gasteiger charge is -2.13. The first-order valence-corrected chi connectivity index (χ1v) is 13.9. The van der Waals surface area contributed by atoms with Gasteiger partial charge in [0.15, 0.2) is 0 Å². The number of hydrogen-bond acceptors (Lipinski definition) is 6. The van der Waals surface area contributed by atoms with E-state index in [2.05, 4.69) is 20.9 Å². The Morgan fingerprint density at radius 1 is 0.878 bits per heavy atom. The largest absolute Gasteiger partial charge is 0.378 e. The van der Waals surface area contributed by atoms with Gasteiger partial charge in [-0.3, -0.25) is 14.4 Å². The molecule has 1 heterocycles. The maximum absolute atomic E-state index is 13.3. The fourth-order valence-corrected chi connectivity index (χ4v) is 4.40. The number of nitrogens with zero attached hydrogens (tertiary/aromatic N) is 2. The number of thioether (sulfide) groups is 1. The Bertz CT molecular complexity index is 1530. The van der Waals surface area contributed by atoms with Gasteiger partial charge in [-0.15, -0.1) is 11.8 Å². The molecule has 3 aromatic carbocycles. The van der Waals surface area contributed by atoms with Crippen LogP contribution in [0.1, 0.15) is 15.9 Å². The molecule has 4 rings (SSSR count). The van der Waals surface area contributed by atoms with Crippen molar-refractivity contribution in [2.75, 3.05) is 35.4 Å². The van der Waals surface area contributed by atoms with Gasteiger partial charge in [0.2, 0.25) is 5.91 Å². The van der Waals surface area contributed by atoms with Crippen LogP contribution in [-0.4, -0.2) is 42.6 Å². The van der Waals surface area contributed by atoms with Gasteiger partial charge in [0, 0.05) is 42.1 Å². The van der Waals surface area contributed by atoms with E-state index in [0.29, 0.717) is 22.1 Å². The van der Waals surface area contributed by atoms with E-state index >= 15 is 0 Å². The third-order valence-corrected chi connectivity index (χ3v) is 6.96. The smallest absolute Gasteiger partial charge is 0.272 e. The average molecular weight is 586 g/mol. The highest BCUT2D eigenvalue weighted by molar-refractivity contribution is 8.00. The van der Waals surface area contributed by atoms with Crippen LogP contribution in [-0.2, 0) is 9.59 Å². The molecular weight excluding hydrogens is 558 g/mol. The lowest BCUT2D eigenvalue weighted by atomic mass is 10.1. The molecule has 0 saturated heterocycles. The van der Waals surface area contributed by atoms with Crippen LogP contribution in [0.5, 0.6) is 0 Å². The van der Waals surface area contributed by atoms with Crippen LogP contribution in [0.2, 0.25) is 5.02 Å². The Kier molecular flexibility index (Phi) is 10.1. The van der Waals surface area contributed by atoms with Crippen LogP contribution in [0.25, 0.3) is 6.08 Å². The van der Waals surface area contributed by atoms with Gasteiger partial charge in [-0.1, -0.05) is 41.9 Å². The Hall–Kier alpha value is -4.60. The number of amides is 3. The molecule has 0 atom stereocenters. The maximum atomic E-state index is 13.3. The summed E-state index contributed by atoms with van der Waals surface area (Å²) in [6.45, 7) is 0. The quantitative estimate of drug-likeness (QED) is 0.157. The summed E-state index contributed by atoms with van der Waals surface area (Å²) in [7, 11) is 3.89. The van der Waals surface area contributed by atoms with E-state index < -0.39 is 11.8 Å². The molecule has 3 amide bonds. The number of carbonyl (C=O) groups is 3.